The zero-order valence-corrected chi connectivity index (χ0v) is 11.6. The summed E-state index contributed by atoms with van der Waals surface area (Å²) in [6, 6.07) is 5.67. The van der Waals surface area contributed by atoms with Gasteiger partial charge in [-0.3, -0.25) is 4.98 Å². The number of rotatable bonds is 3. The van der Waals surface area contributed by atoms with Crippen LogP contribution in [0.25, 0.3) is 11.3 Å². The highest BCUT2D eigenvalue weighted by Crippen LogP contribution is 2.32. The second-order valence-electron chi connectivity index (χ2n) is 3.41. The van der Waals surface area contributed by atoms with Crippen molar-refractivity contribution in [3.8, 4) is 11.3 Å². The summed E-state index contributed by atoms with van der Waals surface area (Å²) in [6.07, 6.45) is 3.32. The van der Waals surface area contributed by atoms with E-state index in [9.17, 15) is 0 Å². The van der Waals surface area contributed by atoms with E-state index in [-0.39, 0.29) is 0 Å². The van der Waals surface area contributed by atoms with E-state index < -0.39 is 0 Å². The second-order valence-corrected chi connectivity index (χ2v) is 4.73. The number of anilines is 1. The Morgan fingerprint density at radius 1 is 1.29 bits per heavy atom. The van der Waals surface area contributed by atoms with Gasteiger partial charge in [0.25, 0.3) is 0 Å². The number of nitrogens with one attached hydrogen (secondary N) is 1. The van der Waals surface area contributed by atoms with Crippen molar-refractivity contribution in [2.24, 2.45) is 0 Å². The summed E-state index contributed by atoms with van der Waals surface area (Å²) < 4.78 is 0.963. The minimum Gasteiger partial charge on any atom is -0.369 e. The molecule has 2 aromatic rings. The Labute approximate surface area is 113 Å². The van der Waals surface area contributed by atoms with Crippen LogP contribution in [0.15, 0.2) is 35.1 Å². The molecule has 1 heterocycles. The van der Waals surface area contributed by atoms with Gasteiger partial charge in [-0.15, -0.1) is 0 Å². The first-order chi connectivity index (χ1) is 8.22. The molecule has 88 valence electrons. The molecule has 0 saturated carbocycles. The Kier molecular flexibility index (Phi) is 3.97. The van der Waals surface area contributed by atoms with Crippen LogP contribution >= 0.6 is 27.5 Å². The van der Waals surface area contributed by atoms with Crippen molar-refractivity contribution in [1.82, 2.24) is 9.97 Å². The number of benzene rings is 1. The summed E-state index contributed by atoms with van der Waals surface area (Å²) in [5, 5.41) is 3.83. The molecule has 0 amide bonds. The standard InChI is InChI=1S/C12H11BrClN3/c1-2-15-12-11(16-5-6-17-12)9-7-8(13)3-4-10(9)14/h3-7H,2H2,1H3,(H,15,17). The van der Waals surface area contributed by atoms with Gasteiger partial charge in [0.1, 0.15) is 5.69 Å². The van der Waals surface area contributed by atoms with Crippen molar-refractivity contribution in [3.05, 3.63) is 40.1 Å². The van der Waals surface area contributed by atoms with Crippen LogP contribution in [-0.2, 0) is 0 Å². The number of halogens is 2. The van der Waals surface area contributed by atoms with Crippen LogP contribution in [0.1, 0.15) is 6.92 Å². The molecular weight excluding hydrogens is 302 g/mol. The average Bonchev–Trinajstić information content (AvgIpc) is 2.34. The summed E-state index contributed by atoms with van der Waals surface area (Å²) in [6.45, 7) is 2.80. The van der Waals surface area contributed by atoms with E-state index in [0.29, 0.717) is 5.02 Å². The van der Waals surface area contributed by atoms with E-state index in [1.165, 1.54) is 0 Å². The zero-order chi connectivity index (χ0) is 12.3. The van der Waals surface area contributed by atoms with Gasteiger partial charge in [0.15, 0.2) is 5.82 Å². The zero-order valence-electron chi connectivity index (χ0n) is 9.24. The van der Waals surface area contributed by atoms with Gasteiger partial charge in [-0.1, -0.05) is 27.5 Å². The maximum absolute atomic E-state index is 6.19. The quantitative estimate of drug-likeness (QED) is 0.931. The van der Waals surface area contributed by atoms with Crippen LogP contribution in [0, 0.1) is 0 Å². The largest absolute Gasteiger partial charge is 0.369 e. The smallest absolute Gasteiger partial charge is 0.152 e. The SMILES string of the molecule is CCNc1nccnc1-c1cc(Br)ccc1Cl. The van der Waals surface area contributed by atoms with Crippen LogP contribution in [0.5, 0.6) is 0 Å². The fraction of sp³-hybridized carbons (Fsp3) is 0.167. The predicted molar refractivity (Wildman–Crippen MR) is 74.3 cm³/mol. The molecule has 0 unspecified atom stereocenters. The van der Waals surface area contributed by atoms with Gasteiger partial charge in [0.05, 0.1) is 5.02 Å². The lowest BCUT2D eigenvalue weighted by molar-refractivity contribution is 1.12. The van der Waals surface area contributed by atoms with E-state index in [1.54, 1.807) is 12.4 Å². The van der Waals surface area contributed by atoms with Crippen molar-refractivity contribution in [1.29, 1.82) is 0 Å². The first-order valence-corrected chi connectivity index (χ1v) is 6.39. The van der Waals surface area contributed by atoms with E-state index in [4.69, 9.17) is 11.6 Å². The van der Waals surface area contributed by atoms with Crippen LogP contribution in [0.2, 0.25) is 5.02 Å². The Morgan fingerprint density at radius 3 is 2.82 bits per heavy atom. The third-order valence-electron chi connectivity index (χ3n) is 2.23. The lowest BCUT2D eigenvalue weighted by Crippen LogP contribution is -2.02. The first kappa shape index (κ1) is 12.3. The maximum atomic E-state index is 6.19. The molecule has 0 aliphatic heterocycles. The molecule has 1 N–H and O–H groups in total. The van der Waals surface area contributed by atoms with Gasteiger partial charge >= 0.3 is 0 Å². The van der Waals surface area contributed by atoms with Gasteiger partial charge in [-0.05, 0) is 25.1 Å². The summed E-state index contributed by atoms with van der Waals surface area (Å²) in [7, 11) is 0. The van der Waals surface area contributed by atoms with Gasteiger partial charge in [0.2, 0.25) is 0 Å². The van der Waals surface area contributed by atoms with Crippen LogP contribution in [-0.4, -0.2) is 16.5 Å². The molecule has 2 rings (SSSR count). The van der Waals surface area contributed by atoms with Gasteiger partial charge in [-0.25, -0.2) is 4.98 Å². The lowest BCUT2D eigenvalue weighted by atomic mass is 10.1. The molecule has 0 saturated heterocycles. The molecule has 0 radical (unpaired) electrons. The second kappa shape index (κ2) is 5.47. The average molecular weight is 313 g/mol. The first-order valence-electron chi connectivity index (χ1n) is 5.22. The van der Waals surface area contributed by atoms with Crippen molar-refractivity contribution in [2.45, 2.75) is 6.92 Å². The number of hydrogen-bond acceptors (Lipinski definition) is 3. The van der Waals surface area contributed by atoms with E-state index >= 15 is 0 Å². The molecule has 1 aromatic heterocycles. The summed E-state index contributed by atoms with van der Waals surface area (Å²) in [5.74, 6) is 0.745. The van der Waals surface area contributed by atoms with Crippen LogP contribution in [0.3, 0.4) is 0 Å². The highest BCUT2D eigenvalue weighted by molar-refractivity contribution is 9.10. The van der Waals surface area contributed by atoms with Crippen molar-refractivity contribution < 1.29 is 0 Å². The van der Waals surface area contributed by atoms with Crippen LogP contribution < -0.4 is 5.32 Å². The third-order valence-corrected chi connectivity index (χ3v) is 3.05. The molecule has 0 atom stereocenters. The molecule has 0 aliphatic carbocycles. The summed E-state index contributed by atoms with van der Waals surface area (Å²) in [5.41, 5.74) is 1.63. The van der Waals surface area contributed by atoms with Crippen molar-refractivity contribution in [2.75, 3.05) is 11.9 Å². The summed E-state index contributed by atoms with van der Waals surface area (Å²) >= 11 is 9.62. The maximum Gasteiger partial charge on any atom is 0.152 e. The Bertz CT molecular complexity index is 531. The van der Waals surface area contributed by atoms with E-state index in [0.717, 1.165) is 28.1 Å². The molecule has 3 nitrogen and oxygen atoms in total. The van der Waals surface area contributed by atoms with Gasteiger partial charge in [-0.2, -0.15) is 0 Å². The number of nitrogens with zero attached hydrogens (tertiary/aromatic N) is 2. The fourth-order valence-electron chi connectivity index (χ4n) is 1.51. The molecule has 1 aromatic carbocycles. The van der Waals surface area contributed by atoms with Gasteiger partial charge < -0.3 is 5.32 Å². The van der Waals surface area contributed by atoms with Crippen LogP contribution in [0.4, 0.5) is 5.82 Å². The van der Waals surface area contributed by atoms with Crippen molar-refractivity contribution >= 4 is 33.3 Å². The number of hydrogen-bond donors (Lipinski definition) is 1. The third kappa shape index (κ3) is 2.76. The monoisotopic (exact) mass is 311 g/mol. The molecule has 17 heavy (non-hydrogen) atoms. The number of aromatic nitrogens is 2. The van der Waals surface area contributed by atoms with E-state index in [2.05, 4.69) is 31.2 Å². The molecule has 0 aliphatic rings. The predicted octanol–water partition coefficient (Wildman–Crippen LogP) is 3.99. The molecule has 0 bridgehead atoms. The Hall–Kier alpha value is -1.13. The minimum atomic E-state index is 0.660. The topological polar surface area (TPSA) is 37.8 Å². The fourth-order valence-corrected chi connectivity index (χ4v) is 2.08. The van der Waals surface area contributed by atoms with Crippen molar-refractivity contribution in [3.63, 3.8) is 0 Å². The highest BCUT2D eigenvalue weighted by Gasteiger charge is 2.11. The summed E-state index contributed by atoms with van der Waals surface area (Å²) in [4.78, 5) is 8.61. The molecule has 0 fully saturated rings. The minimum absolute atomic E-state index is 0.660. The molecule has 0 spiro atoms. The lowest BCUT2D eigenvalue weighted by Gasteiger charge is -2.09. The Morgan fingerprint density at radius 2 is 2.06 bits per heavy atom. The Balaban J connectivity index is 2.55. The molecular formula is C12H11BrClN3. The highest BCUT2D eigenvalue weighted by atomic mass is 79.9. The van der Waals surface area contributed by atoms with E-state index in [1.807, 2.05) is 25.1 Å². The van der Waals surface area contributed by atoms with Gasteiger partial charge in [0, 0.05) is 29.0 Å². The molecule has 5 heteroatoms. The normalized spacial score (nSPS) is 10.3.